The van der Waals surface area contributed by atoms with Gasteiger partial charge in [-0.15, -0.1) is 0 Å². The van der Waals surface area contributed by atoms with Crippen LogP contribution in [0.4, 0.5) is 0 Å². The number of Topliss-reactive ketones (excluding diaryl/α,β-unsaturated/α-hetero) is 1. The van der Waals surface area contributed by atoms with E-state index in [1.807, 2.05) is 13.8 Å². The van der Waals surface area contributed by atoms with Crippen LogP contribution in [0.15, 0.2) is 12.5 Å². The fourth-order valence-electron chi connectivity index (χ4n) is 0.925. The Morgan fingerprint density at radius 3 is 2.77 bits per heavy atom. The molecule has 4 heteroatoms. The number of carbonyl (C=O) groups excluding carboxylic acids is 1. The van der Waals surface area contributed by atoms with E-state index in [1.165, 1.54) is 19.6 Å². The van der Waals surface area contributed by atoms with E-state index >= 15 is 0 Å². The first kappa shape index (κ1) is 9.64. The van der Waals surface area contributed by atoms with Crippen molar-refractivity contribution in [2.24, 2.45) is 5.92 Å². The maximum absolute atomic E-state index is 11.6. The minimum atomic E-state index is -0.0798. The molecule has 0 radical (unpaired) electrons. The van der Waals surface area contributed by atoms with E-state index in [0.717, 1.165) is 0 Å². The second-order valence-corrected chi connectivity index (χ2v) is 2.96. The Balaban J connectivity index is 3.06. The van der Waals surface area contributed by atoms with Gasteiger partial charge in [-0.05, 0) is 0 Å². The molecule has 0 atom stereocenters. The van der Waals surface area contributed by atoms with Crippen molar-refractivity contribution >= 4 is 5.78 Å². The van der Waals surface area contributed by atoms with Gasteiger partial charge in [-0.1, -0.05) is 13.8 Å². The van der Waals surface area contributed by atoms with Gasteiger partial charge < -0.3 is 4.74 Å². The third-order valence-electron chi connectivity index (χ3n) is 1.66. The zero-order valence-corrected chi connectivity index (χ0v) is 7.94. The predicted octanol–water partition coefficient (Wildman–Crippen LogP) is 1.32. The molecule has 0 N–H and O–H groups in total. The molecule has 0 aliphatic carbocycles. The highest BCUT2D eigenvalue weighted by Gasteiger charge is 2.16. The lowest BCUT2D eigenvalue weighted by molar-refractivity contribution is 0.0930. The molecule has 0 aliphatic heterocycles. The summed E-state index contributed by atoms with van der Waals surface area (Å²) >= 11 is 0. The number of methoxy groups -OCH3 is 1. The summed E-state index contributed by atoms with van der Waals surface area (Å²) in [7, 11) is 1.50. The number of nitrogens with zero attached hydrogens (tertiary/aromatic N) is 2. The van der Waals surface area contributed by atoms with Crippen LogP contribution in [0.1, 0.15) is 24.3 Å². The van der Waals surface area contributed by atoms with E-state index in [4.69, 9.17) is 4.74 Å². The molecule has 0 bridgehead atoms. The van der Waals surface area contributed by atoms with Crippen LogP contribution >= 0.6 is 0 Å². The lowest BCUT2D eigenvalue weighted by Gasteiger charge is -2.06. The summed E-state index contributed by atoms with van der Waals surface area (Å²) in [5.41, 5.74) is 0.354. The van der Waals surface area contributed by atoms with Crippen molar-refractivity contribution < 1.29 is 9.53 Å². The molecule has 1 heterocycles. The highest BCUT2D eigenvalue weighted by Crippen LogP contribution is 2.16. The molecule has 0 aliphatic rings. The largest absolute Gasteiger partial charge is 0.493 e. The van der Waals surface area contributed by atoms with Crippen LogP contribution in [0.2, 0.25) is 0 Å². The van der Waals surface area contributed by atoms with Crippen molar-refractivity contribution in [1.82, 2.24) is 9.97 Å². The smallest absolute Gasteiger partial charge is 0.187 e. The summed E-state index contributed by atoms with van der Waals surface area (Å²) < 4.78 is 4.97. The van der Waals surface area contributed by atoms with E-state index in [-0.39, 0.29) is 11.7 Å². The standard InChI is InChI=1S/C9H12N2O2/c1-6(2)9(12)8-7(13-3)4-10-5-11-8/h4-6H,1-3H3. The molecule has 0 unspecified atom stereocenters. The molecule has 0 aromatic carbocycles. The lowest BCUT2D eigenvalue weighted by atomic mass is 10.1. The number of ether oxygens (including phenoxy) is 1. The maximum Gasteiger partial charge on any atom is 0.187 e. The number of hydrogen-bond donors (Lipinski definition) is 0. The third kappa shape index (κ3) is 2.02. The van der Waals surface area contributed by atoms with E-state index in [2.05, 4.69) is 9.97 Å². The number of carbonyl (C=O) groups is 1. The van der Waals surface area contributed by atoms with Gasteiger partial charge in [-0.2, -0.15) is 0 Å². The van der Waals surface area contributed by atoms with Crippen LogP contribution in [0.3, 0.4) is 0 Å². The molecule has 0 amide bonds. The van der Waals surface area contributed by atoms with Crippen LogP contribution in [-0.4, -0.2) is 22.9 Å². The van der Waals surface area contributed by atoms with Gasteiger partial charge in [0.2, 0.25) is 0 Å². The average molecular weight is 180 g/mol. The summed E-state index contributed by atoms with van der Waals surface area (Å²) in [4.78, 5) is 19.2. The van der Waals surface area contributed by atoms with Crippen LogP contribution in [-0.2, 0) is 0 Å². The highest BCUT2D eigenvalue weighted by molar-refractivity contribution is 5.97. The average Bonchev–Trinajstić information content (AvgIpc) is 2.16. The Hall–Kier alpha value is -1.45. The van der Waals surface area contributed by atoms with E-state index in [1.54, 1.807) is 0 Å². The van der Waals surface area contributed by atoms with Crippen molar-refractivity contribution in [2.75, 3.05) is 7.11 Å². The molecule has 4 nitrogen and oxygen atoms in total. The van der Waals surface area contributed by atoms with Gasteiger partial charge in [0.25, 0.3) is 0 Å². The van der Waals surface area contributed by atoms with Crippen LogP contribution in [0, 0.1) is 5.92 Å². The lowest BCUT2D eigenvalue weighted by Crippen LogP contribution is -2.11. The summed E-state index contributed by atoms with van der Waals surface area (Å²) in [6, 6.07) is 0. The molecular weight excluding hydrogens is 168 g/mol. The number of hydrogen-bond acceptors (Lipinski definition) is 4. The van der Waals surface area contributed by atoms with E-state index in [9.17, 15) is 4.79 Å². The van der Waals surface area contributed by atoms with Crippen molar-refractivity contribution in [1.29, 1.82) is 0 Å². The maximum atomic E-state index is 11.6. The number of ketones is 1. The first-order chi connectivity index (χ1) is 6.16. The van der Waals surface area contributed by atoms with Gasteiger partial charge in [0.15, 0.2) is 17.2 Å². The minimum absolute atomic E-state index is 0.0285. The second kappa shape index (κ2) is 3.98. The zero-order valence-electron chi connectivity index (χ0n) is 7.94. The van der Waals surface area contributed by atoms with Gasteiger partial charge in [-0.3, -0.25) is 4.79 Å². The fourth-order valence-corrected chi connectivity index (χ4v) is 0.925. The molecule has 1 aromatic heterocycles. The topological polar surface area (TPSA) is 52.1 Å². The molecule has 0 spiro atoms. The first-order valence-electron chi connectivity index (χ1n) is 4.05. The van der Waals surface area contributed by atoms with Gasteiger partial charge in [0.1, 0.15) is 6.33 Å². The molecule has 1 aromatic rings. The molecule has 0 fully saturated rings. The van der Waals surface area contributed by atoms with Crippen LogP contribution in [0.5, 0.6) is 5.75 Å². The summed E-state index contributed by atoms with van der Waals surface area (Å²) in [5, 5.41) is 0. The Morgan fingerprint density at radius 2 is 2.23 bits per heavy atom. The van der Waals surface area contributed by atoms with Crippen molar-refractivity contribution in [3.8, 4) is 5.75 Å². The Bertz CT molecular complexity index is 310. The molecular formula is C9H12N2O2. The van der Waals surface area contributed by atoms with Crippen LogP contribution < -0.4 is 4.74 Å². The van der Waals surface area contributed by atoms with Crippen LogP contribution in [0.25, 0.3) is 0 Å². The normalized spacial score (nSPS) is 10.2. The fraction of sp³-hybridized carbons (Fsp3) is 0.444. The summed E-state index contributed by atoms with van der Waals surface area (Å²) in [6.45, 7) is 3.65. The predicted molar refractivity (Wildman–Crippen MR) is 47.8 cm³/mol. The van der Waals surface area contributed by atoms with Gasteiger partial charge in [-0.25, -0.2) is 9.97 Å². The molecule has 1 rings (SSSR count). The highest BCUT2D eigenvalue weighted by atomic mass is 16.5. The number of rotatable bonds is 3. The van der Waals surface area contributed by atoms with E-state index < -0.39 is 0 Å². The quantitative estimate of drug-likeness (QED) is 0.658. The van der Waals surface area contributed by atoms with Crippen molar-refractivity contribution in [2.45, 2.75) is 13.8 Å². The zero-order chi connectivity index (χ0) is 9.84. The minimum Gasteiger partial charge on any atom is -0.493 e. The molecule has 13 heavy (non-hydrogen) atoms. The number of aromatic nitrogens is 2. The van der Waals surface area contributed by atoms with Gasteiger partial charge in [0.05, 0.1) is 13.3 Å². The Kier molecular flexibility index (Phi) is 2.95. The third-order valence-corrected chi connectivity index (χ3v) is 1.66. The van der Waals surface area contributed by atoms with Crippen molar-refractivity contribution in [3.63, 3.8) is 0 Å². The van der Waals surface area contributed by atoms with Gasteiger partial charge >= 0.3 is 0 Å². The first-order valence-corrected chi connectivity index (χ1v) is 4.05. The monoisotopic (exact) mass is 180 g/mol. The molecule has 70 valence electrons. The Morgan fingerprint density at radius 1 is 1.54 bits per heavy atom. The Labute approximate surface area is 77.0 Å². The SMILES string of the molecule is COc1cncnc1C(=O)C(C)C. The van der Waals surface area contributed by atoms with Gasteiger partial charge in [0, 0.05) is 5.92 Å². The molecule has 0 saturated heterocycles. The van der Waals surface area contributed by atoms with E-state index in [0.29, 0.717) is 11.4 Å². The second-order valence-electron chi connectivity index (χ2n) is 2.96. The summed E-state index contributed by atoms with van der Waals surface area (Å²) in [5.74, 6) is 0.323. The van der Waals surface area contributed by atoms with Crippen molar-refractivity contribution in [3.05, 3.63) is 18.2 Å². The molecule has 0 saturated carbocycles. The summed E-state index contributed by atoms with van der Waals surface area (Å²) in [6.07, 6.45) is 2.83.